The second-order valence-corrected chi connectivity index (χ2v) is 5.58. The van der Waals surface area contributed by atoms with Crippen molar-refractivity contribution in [2.45, 2.75) is 11.3 Å². The van der Waals surface area contributed by atoms with Crippen molar-refractivity contribution < 1.29 is 23.7 Å². The average Bonchev–Trinajstić information content (AvgIpc) is 2.49. The Kier molecular flexibility index (Phi) is 6.35. The Morgan fingerprint density at radius 1 is 1.00 bits per heavy atom. The van der Waals surface area contributed by atoms with Crippen molar-refractivity contribution >= 4 is 17.5 Å². The minimum Gasteiger partial charge on any atom is -0.490 e. The zero-order valence-electron chi connectivity index (χ0n) is 12.3. The van der Waals surface area contributed by atoms with E-state index in [2.05, 4.69) is 0 Å². The third-order valence-electron chi connectivity index (χ3n) is 3.03. The number of Topliss-reactive ketones (excluding diaryl/α,β-unsaturated/α-hetero) is 1. The Hall–Kier alpha value is -1.24. The lowest BCUT2D eigenvalue weighted by Crippen LogP contribution is -2.15. The standard InChI is InChI=1S/C15H20O5S/c1-17-6-8-19-12-3-4-13(20-9-7-18-2)15-14(12)11(16)5-10-21-15/h3-4H,5-10H2,1-2H3. The summed E-state index contributed by atoms with van der Waals surface area (Å²) in [5.41, 5.74) is 0.636. The molecular formula is C15H20O5S. The van der Waals surface area contributed by atoms with Crippen molar-refractivity contribution in [3.8, 4) is 11.5 Å². The molecule has 21 heavy (non-hydrogen) atoms. The van der Waals surface area contributed by atoms with E-state index in [1.54, 1.807) is 32.0 Å². The molecule has 1 aliphatic rings. The highest BCUT2D eigenvalue weighted by Gasteiger charge is 2.25. The molecule has 0 radical (unpaired) electrons. The first kappa shape index (κ1) is 16.1. The number of hydrogen-bond donors (Lipinski definition) is 0. The molecule has 0 N–H and O–H groups in total. The van der Waals surface area contributed by atoms with Gasteiger partial charge in [-0.25, -0.2) is 0 Å². The number of benzene rings is 1. The van der Waals surface area contributed by atoms with Crippen LogP contribution in [0.15, 0.2) is 17.0 Å². The van der Waals surface area contributed by atoms with Gasteiger partial charge in [-0.1, -0.05) is 0 Å². The Morgan fingerprint density at radius 2 is 1.62 bits per heavy atom. The summed E-state index contributed by atoms with van der Waals surface area (Å²) in [4.78, 5) is 13.1. The van der Waals surface area contributed by atoms with Crippen LogP contribution in [-0.4, -0.2) is 52.2 Å². The average molecular weight is 312 g/mol. The van der Waals surface area contributed by atoms with Crippen molar-refractivity contribution in [3.63, 3.8) is 0 Å². The smallest absolute Gasteiger partial charge is 0.168 e. The lowest BCUT2D eigenvalue weighted by atomic mass is 10.1. The van der Waals surface area contributed by atoms with E-state index in [0.29, 0.717) is 44.2 Å². The summed E-state index contributed by atoms with van der Waals surface area (Å²) in [5.74, 6) is 2.21. The van der Waals surface area contributed by atoms with E-state index in [-0.39, 0.29) is 5.78 Å². The van der Waals surface area contributed by atoms with Crippen molar-refractivity contribution in [1.82, 2.24) is 0 Å². The third-order valence-corrected chi connectivity index (χ3v) is 4.13. The summed E-state index contributed by atoms with van der Waals surface area (Å²) < 4.78 is 21.3. The van der Waals surface area contributed by atoms with Gasteiger partial charge in [0.15, 0.2) is 5.78 Å². The molecule has 0 atom stereocenters. The van der Waals surface area contributed by atoms with Crippen LogP contribution < -0.4 is 9.47 Å². The van der Waals surface area contributed by atoms with E-state index in [0.717, 1.165) is 16.4 Å². The van der Waals surface area contributed by atoms with Crippen LogP contribution in [0.5, 0.6) is 11.5 Å². The SMILES string of the molecule is COCCOc1ccc(OCCOC)c2c1SCCC2=O. The van der Waals surface area contributed by atoms with Gasteiger partial charge in [0.1, 0.15) is 24.7 Å². The molecule has 0 fully saturated rings. The Balaban J connectivity index is 2.22. The van der Waals surface area contributed by atoms with Gasteiger partial charge >= 0.3 is 0 Å². The molecule has 1 aliphatic heterocycles. The maximum absolute atomic E-state index is 12.2. The van der Waals surface area contributed by atoms with Crippen molar-refractivity contribution in [2.75, 3.05) is 46.4 Å². The molecule has 0 amide bonds. The number of thioether (sulfide) groups is 1. The van der Waals surface area contributed by atoms with Crippen LogP contribution in [0.3, 0.4) is 0 Å². The van der Waals surface area contributed by atoms with E-state index >= 15 is 0 Å². The fourth-order valence-electron chi connectivity index (χ4n) is 2.03. The normalized spacial score (nSPS) is 13.9. The summed E-state index contributed by atoms with van der Waals surface area (Å²) >= 11 is 1.63. The molecule has 0 spiro atoms. The van der Waals surface area contributed by atoms with Gasteiger partial charge in [0, 0.05) is 26.4 Å². The monoisotopic (exact) mass is 312 g/mol. The molecule has 1 aromatic rings. The predicted octanol–water partition coefficient (Wildman–Crippen LogP) is 2.42. The molecule has 0 bridgehead atoms. The Bertz CT molecular complexity index is 489. The number of carbonyl (C=O) groups excluding carboxylic acids is 1. The van der Waals surface area contributed by atoms with Crippen LogP contribution in [-0.2, 0) is 9.47 Å². The first-order valence-electron chi connectivity index (χ1n) is 6.84. The van der Waals surface area contributed by atoms with Crippen LogP contribution in [0.2, 0.25) is 0 Å². The molecule has 0 unspecified atom stereocenters. The topological polar surface area (TPSA) is 54.0 Å². The van der Waals surface area contributed by atoms with E-state index < -0.39 is 0 Å². The van der Waals surface area contributed by atoms with Gasteiger partial charge in [0.05, 0.1) is 23.7 Å². The van der Waals surface area contributed by atoms with Crippen LogP contribution in [0.1, 0.15) is 16.8 Å². The molecular weight excluding hydrogens is 292 g/mol. The maximum atomic E-state index is 12.2. The zero-order chi connectivity index (χ0) is 15.1. The minimum atomic E-state index is 0.105. The highest BCUT2D eigenvalue weighted by Crippen LogP contribution is 2.42. The molecule has 0 saturated carbocycles. The first-order chi connectivity index (χ1) is 10.3. The highest BCUT2D eigenvalue weighted by atomic mass is 32.2. The summed E-state index contributed by atoms with van der Waals surface area (Å²) in [7, 11) is 3.25. The van der Waals surface area contributed by atoms with E-state index in [9.17, 15) is 4.79 Å². The van der Waals surface area contributed by atoms with Crippen molar-refractivity contribution in [3.05, 3.63) is 17.7 Å². The van der Waals surface area contributed by atoms with Crippen molar-refractivity contribution in [2.24, 2.45) is 0 Å². The van der Waals surface area contributed by atoms with Gasteiger partial charge < -0.3 is 18.9 Å². The largest absolute Gasteiger partial charge is 0.490 e. The molecule has 0 saturated heterocycles. The second-order valence-electron chi connectivity index (χ2n) is 4.47. The van der Waals surface area contributed by atoms with Crippen molar-refractivity contribution in [1.29, 1.82) is 0 Å². The molecule has 0 aromatic heterocycles. The number of ketones is 1. The molecule has 2 rings (SSSR count). The fourth-order valence-corrected chi connectivity index (χ4v) is 3.15. The zero-order valence-corrected chi connectivity index (χ0v) is 13.2. The summed E-state index contributed by atoms with van der Waals surface area (Å²) in [6.45, 7) is 1.88. The Labute approximate surface area is 128 Å². The van der Waals surface area contributed by atoms with Crippen LogP contribution in [0.4, 0.5) is 0 Å². The summed E-state index contributed by atoms with van der Waals surface area (Å²) in [6.07, 6.45) is 0.528. The number of rotatable bonds is 8. The number of ether oxygens (including phenoxy) is 4. The van der Waals surface area contributed by atoms with Gasteiger partial charge in [0.25, 0.3) is 0 Å². The van der Waals surface area contributed by atoms with E-state index in [4.69, 9.17) is 18.9 Å². The van der Waals surface area contributed by atoms with Gasteiger partial charge in [0.2, 0.25) is 0 Å². The van der Waals surface area contributed by atoms with E-state index in [1.807, 2.05) is 6.07 Å². The number of hydrogen-bond acceptors (Lipinski definition) is 6. The van der Waals surface area contributed by atoms with E-state index in [1.165, 1.54) is 0 Å². The third kappa shape index (κ3) is 4.12. The van der Waals surface area contributed by atoms with Crippen LogP contribution >= 0.6 is 11.8 Å². The highest BCUT2D eigenvalue weighted by molar-refractivity contribution is 7.99. The van der Waals surface area contributed by atoms with Gasteiger partial charge in [-0.15, -0.1) is 11.8 Å². The van der Waals surface area contributed by atoms with Gasteiger partial charge in [-0.2, -0.15) is 0 Å². The predicted molar refractivity (Wildman–Crippen MR) is 80.9 cm³/mol. The number of carbonyl (C=O) groups is 1. The molecule has 6 heteroatoms. The molecule has 1 heterocycles. The molecule has 0 aliphatic carbocycles. The quantitative estimate of drug-likeness (QED) is 0.687. The minimum absolute atomic E-state index is 0.105. The maximum Gasteiger partial charge on any atom is 0.168 e. The summed E-state index contributed by atoms with van der Waals surface area (Å²) in [6, 6.07) is 3.64. The second kappa shape index (κ2) is 8.26. The number of fused-ring (bicyclic) bond motifs is 1. The fraction of sp³-hybridized carbons (Fsp3) is 0.533. The summed E-state index contributed by atoms with van der Waals surface area (Å²) in [5, 5.41) is 0. The van der Waals surface area contributed by atoms with Crippen LogP contribution in [0.25, 0.3) is 0 Å². The molecule has 1 aromatic carbocycles. The lowest BCUT2D eigenvalue weighted by molar-refractivity contribution is 0.0974. The Morgan fingerprint density at radius 3 is 2.29 bits per heavy atom. The molecule has 116 valence electrons. The number of methoxy groups -OCH3 is 2. The van der Waals surface area contributed by atoms with Gasteiger partial charge in [-0.05, 0) is 12.1 Å². The van der Waals surface area contributed by atoms with Gasteiger partial charge in [-0.3, -0.25) is 4.79 Å². The lowest BCUT2D eigenvalue weighted by Gasteiger charge is -2.21. The first-order valence-corrected chi connectivity index (χ1v) is 7.83. The molecule has 5 nitrogen and oxygen atoms in total. The van der Waals surface area contributed by atoms with Crippen LogP contribution in [0, 0.1) is 0 Å².